The number of benzene rings is 1. The van der Waals surface area contributed by atoms with Crippen molar-refractivity contribution in [3.8, 4) is 0 Å². The van der Waals surface area contributed by atoms with Crippen LogP contribution >= 0.6 is 15.9 Å². The van der Waals surface area contributed by atoms with Crippen LogP contribution in [0.5, 0.6) is 0 Å². The predicted octanol–water partition coefficient (Wildman–Crippen LogP) is 3.66. The molecule has 96 valence electrons. The zero-order valence-corrected chi connectivity index (χ0v) is 12.1. The van der Waals surface area contributed by atoms with Gasteiger partial charge in [0.1, 0.15) is 5.82 Å². The highest BCUT2D eigenvalue weighted by Crippen LogP contribution is 2.21. The third-order valence-corrected chi connectivity index (χ3v) is 3.03. The van der Waals surface area contributed by atoms with Gasteiger partial charge in [-0.15, -0.1) is 0 Å². The van der Waals surface area contributed by atoms with Crippen LogP contribution in [0.4, 0.5) is 4.39 Å². The molecule has 2 unspecified atom stereocenters. The molecular formula is C13H19BrFNO. The fourth-order valence-electron chi connectivity index (χ4n) is 1.71. The second kappa shape index (κ2) is 7.09. The zero-order valence-electron chi connectivity index (χ0n) is 10.5. The Balaban J connectivity index is 2.60. The minimum absolute atomic E-state index is 0.0291. The summed E-state index contributed by atoms with van der Waals surface area (Å²) in [4.78, 5) is 0. The Bertz CT molecular complexity index is 359. The Hall–Kier alpha value is -0.450. The molecule has 2 atom stereocenters. The van der Waals surface area contributed by atoms with Crippen molar-refractivity contribution in [3.63, 3.8) is 0 Å². The number of hydrogen-bond donors (Lipinski definition) is 1. The highest BCUT2D eigenvalue weighted by Gasteiger charge is 2.13. The maximum atomic E-state index is 13.7. The van der Waals surface area contributed by atoms with Crippen molar-refractivity contribution < 1.29 is 9.13 Å². The smallest absolute Gasteiger partial charge is 0.129 e. The van der Waals surface area contributed by atoms with Crippen LogP contribution in [0.3, 0.4) is 0 Å². The Labute approximate surface area is 111 Å². The van der Waals surface area contributed by atoms with E-state index in [4.69, 9.17) is 4.74 Å². The molecule has 0 saturated carbocycles. The molecule has 0 aliphatic carbocycles. The summed E-state index contributed by atoms with van der Waals surface area (Å²) in [5.41, 5.74) is 0.677. The summed E-state index contributed by atoms with van der Waals surface area (Å²) in [6, 6.07) is 5.31. The molecular weight excluding hydrogens is 285 g/mol. The third kappa shape index (κ3) is 4.74. The van der Waals surface area contributed by atoms with Gasteiger partial charge in [0.2, 0.25) is 0 Å². The Morgan fingerprint density at radius 2 is 2.12 bits per heavy atom. The van der Waals surface area contributed by atoms with E-state index < -0.39 is 0 Å². The molecule has 1 rings (SSSR count). The average molecular weight is 304 g/mol. The summed E-state index contributed by atoms with van der Waals surface area (Å²) >= 11 is 3.25. The van der Waals surface area contributed by atoms with Gasteiger partial charge in [0, 0.05) is 28.7 Å². The maximum absolute atomic E-state index is 13.7. The highest BCUT2D eigenvalue weighted by atomic mass is 79.9. The van der Waals surface area contributed by atoms with Crippen molar-refractivity contribution in [2.45, 2.75) is 32.9 Å². The lowest BCUT2D eigenvalue weighted by atomic mass is 10.1. The Morgan fingerprint density at radius 1 is 1.41 bits per heavy atom. The predicted molar refractivity (Wildman–Crippen MR) is 71.6 cm³/mol. The zero-order chi connectivity index (χ0) is 12.8. The fourth-order valence-corrected chi connectivity index (χ4v) is 2.05. The van der Waals surface area contributed by atoms with E-state index in [9.17, 15) is 4.39 Å². The van der Waals surface area contributed by atoms with Crippen LogP contribution in [0.15, 0.2) is 22.7 Å². The van der Waals surface area contributed by atoms with Crippen molar-refractivity contribution >= 4 is 15.9 Å². The molecule has 0 aromatic heterocycles. The van der Waals surface area contributed by atoms with Gasteiger partial charge in [0.05, 0.1) is 6.61 Å². The molecule has 0 amide bonds. The first-order valence-corrected chi connectivity index (χ1v) is 6.62. The van der Waals surface area contributed by atoms with Gasteiger partial charge < -0.3 is 10.1 Å². The van der Waals surface area contributed by atoms with Gasteiger partial charge in [-0.05, 0) is 32.9 Å². The maximum Gasteiger partial charge on any atom is 0.129 e. The Morgan fingerprint density at radius 3 is 2.71 bits per heavy atom. The monoisotopic (exact) mass is 303 g/mol. The minimum Gasteiger partial charge on any atom is -0.380 e. The standard InChI is InChI=1S/C13H19BrFNO/c1-4-17-8-9(2)16-10(3)12-6-5-11(14)7-13(12)15/h5-7,9-10,16H,4,8H2,1-3H3. The number of hydrogen-bond acceptors (Lipinski definition) is 2. The first-order chi connectivity index (χ1) is 8.04. The minimum atomic E-state index is -0.192. The molecule has 1 aromatic rings. The topological polar surface area (TPSA) is 21.3 Å². The van der Waals surface area contributed by atoms with E-state index in [1.54, 1.807) is 6.07 Å². The fraction of sp³-hybridized carbons (Fsp3) is 0.538. The summed E-state index contributed by atoms with van der Waals surface area (Å²) in [5.74, 6) is -0.192. The van der Waals surface area contributed by atoms with Crippen LogP contribution < -0.4 is 5.32 Å². The van der Waals surface area contributed by atoms with Gasteiger partial charge in [-0.1, -0.05) is 22.0 Å². The van der Waals surface area contributed by atoms with E-state index in [2.05, 4.69) is 21.2 Å². The van der Waals surface area contributed by atoms with Crippen LogP contribution in [0.1, 0.15) is 32.4 Å². The molecule has 0 bridgehead atoms. The summed E-state index contributed by atoms with van der Waals surface area (Å²) < 4.78 is 19.8. The van der Waals surface area contributed by atoms with Gasteiger partial charge in [-0.25, -0.2) is 4.39 Å². The van der Waals surface area contributed by atoms with E-state index >= 15 is 0 Å². The molecule has 0 aliphatic heterocycles. The van der Waals surface area contributed by atoms with Gasteiger partial charge >= 0.3 is 0 Å². The lowest BCUT2D eigenvalue weighted by Gasteiger charge is -2.20. The van der Waals surface area contributed by atoms with Crippen molar-refractivity contribution in [3.05, 3.63) is 34.1 Å². The second-order valence-corrected chi connectivity index (χ2v) is 5.03. The molecule has 4 heteroatoms. The molecule has 0 radical (unpaired) electrons. The van der Waals surface area contributed by atoms with Gasteiger partial charge in [0.15, 0.2) is 0 Å². The molecule has 17 heavy (non-hydrogen) atoms. The summed E-state index contributed by atoms with van der Waals surface area (Å²) in [5, 5.41) is 3.31. The molecule has 0 spiro atoms. The SMILES string of the molecule is CCOCC(C)NC(C)c1ccc(Br)cc1F. The lowest BCUT2D eigenvalue weighted by molar-refractivity contribution is 0.124. The third-order valence-electron chi connectivity index (χ3n) is 2.54. The normalized spacial score (nSPS) is 14.6. The summed E-state index contributed by atoms with van der Waals surface area (Å²) in [6.45, 7) is 7.29. The summed E-state index contributed by atoms with van der Waals surface area (Å²) in [7, 11) is 0. The molecule has 0 fully saturated rings. The van der Waals surface area contributed by atoms with Crippen molar-refractivity contribution in [1.82, 2.24) is 5.32 Å². The molecule has 0 heterocycles. The van der Waals surface area contributed by atoms with Crippen molar-refractivity contribution in [2.24, 2.45) is 0 Å². The first kappa shape index (κ1) is 14.6. The van der Waals surface area contributed by atoms with E-state index in [0.717, 1.165) is 4.47 Å². The molecule has 0 saturated heterocycles. The average Bonchev–Trinajstić information content (AvgIpc) is 2.26. The number of ether oxygens (including phenoxy) is 1. The van der Waals surface area contributed by atoms with E-state index in [1.807, 2.05) is 26.8 Å². The van der Waals surface area contributed by atoms with Crippen LogP contribution in [-0.2, 0) is 4.74 Å². The van der Waals surface area contributed by atoms with Gasteiger partial charge in [-0.3, -0.25) is 0 Å². The van der Waals surface area contributed by atoms with Crippen LogP contribution in [0.2, 0.25) is 0 Å². The number of halogens is 2. The summed E-state index contributed by atoms with van der Waals surface area (Å²) in [6.07, 6.45) is 0. The quantitative estimate of drug-likeness (QED) is 0.866. The highest BCUT2D eigenvalue weighted by molar-refractivity contribution is 9.10. The van der Waals surface area contributed by atoms with E-state index in [0.29, 0.717) is 18.8 Å². The molecule has 2 nitrogen and oxygen atoms in total. The van der Waals surface area contributed by atoms with Gasteiger partial charge in [-0.2, -0.15) is 0 Å². The van der Waals surface area contributed by atoms with Crippen LogP contribution in [0.25, 0.3) is 0 Å². The van der Waals surface area contributed by atoms with Crippen molar-refractivity contribution in [1.29, 1.82) is 0 Å². The number of nitrogens with one attached hydrogen (secondary N) is 1. The van der Waals surface area contributed by atoms with E-state index in [-0.39, 0.29) is 17.9 Å². The molecule has 0 aliphatic rings. The van der Waals surface area contributed by atoms with Crippen LogP contribution in [0, 0.1) is 5.82 Å². The number of rotatable bonds is 6. The largest absolute Gasteiger partial charge is 0.380 e. The molecule has 1 N–H and O–H groups in total. The van der Waals surface area contributed by atoms with E-state index in [1.165, 1.54) is 6.07 Å². The van der Waals surface area contributed by atoms with Crippen LogP contribution in [-0.4, -0.2) is 19.3 Å². The molecule has 1 aromatic carbocycles. The van der Waals surface area contributed by atoms with Gasteiger partial charge in [0.25, 0.3) is 0 Å². The second-order valence-electron chi connectivity index (χ2n) is 4.11. The first-order valence-electron chi connectivity index (χ1n) is 5.83. The van der Waals surface area contributed by atoms with Crippen molar-refractivity contribution in [2.75, 3.05) is 13.2 Å². The lowest BCUT2D eigenvalue weighted by Crippen LogP contribution is -2.33. The Kier molecular flexibility index (Phi) is 6.09.